The van der Waals surface area contributed by atoms with Crippen LogP contribution in [0.15, 0.2) is 42.5 Å². The standard InChI is InChI=1S/C21H22Cl2N4O/c1-15(21(28)25-19-8-7-17(22)13-18(19)23)26-9-4-10-27(12-11-26)20-6-3-2-5-16(20)14-24/h2-3,5-8,13,15H,4,9-12H2,1H3,(H,25,28). The third-order valence-electron chi connectivity index (χ3n) is 5.01. The smallest absolute Gasteiger partial charge is 0.241 e. The third-order valence-corrected chi connectivity index (χ3v) is 5.56. The molecule has 5 nitrogen and oxygen atoms in total. The minimum Gasteiger partial charge on any atom is -0.369 e. The van der Waals surface area contributed by atoms with Gasteiger partial charge in [0.1, 0.15) is 6.07 Å². The minimum atomic E-state index is -0.294. The zero-order valence-corrected chi connectivity index (χ0v) is 17.2. The number of amides is 1. The van der Waals surface area contributed by atoms with E-state index in [1.165, 1.54) is 0 Å². The molecule has 1 heterocycles. The van der Waals surface area contributed by atoms with Crippen molar-refractivity contribution in [2.45, 2.75) is 19.4 Å². The van der Waals surface area contributed by atoms with Crippen molar-refractivity contribution in [1.29, 1.82) is 5.26 Å². The van der Waals surface area contributed by atoms with Crippen molar-refractivity contribution < 1.29 is 4.79 Å². The molecule has 1 fully saturated rings. The van der Waals surface area contributed by atoms with E-state index in [0.717, 1.165) is 38.3 Å². The van der Waals surface area contributed by atoms with Gasteiger partial charge < -0.3 is 10.2 Å². The van der Waals surface area contributed by atoms with E-state index in [1.807, 2.05) is 31.2 Å². The average Bonchev–Trinajstić information content (AvgIpc) is 2.95. The van der Waals surface area contributed by atoms with Gasteiger partial charge in [-0.2, -0.15) is 5.26 Å². The van der Waals surface area contributed by atoms with Crippen LogP contribution in [0.1, 0.15) is 18.9 Å². The fourth-order valence-electron chi connectivity index (χ4n) is 3.40. The molecule has 28 heavy (non-hydrogen) atoms. The Morgan fingerprint density at radius 2 is 1.93 bits per heavy atom. The van der Waals surface area contributed by atoms with Crippen molar-refractivity contribution in [3.63, 3.8) is 0 Å². The van der Waals surface area contributed by atoms with Gasteiger partial charge in [0.15, 0.2) is 0 Å². The molecule has 0 saturated carbocycles. The van der Waals surface area contributed by atoms with Crippen LogP contribution >= 0.6 is 23.2 Å². The Hall–Kier alpha value is -2.26. The maximum absolute atomic E-state index is 12.7. The van der Waals surface area contributed by atoms with E-state index < -0.39 is 0 Å². The second-order valence-corrected chi connectivity index (χ2v) is 7.64. The van der Waals surface area contributed by atoms with Crippen LogP contribution in [0.3, 0.4) is 0 Å². The molecule has 0 spiro atoms. The molecule has 1 saturated heterocycles. The van der Waals surface area contributed by atoms with E-state index in [9.17, 15) is 10.1 Å². The third kappa shape index (κ3) is 4.77. The topological polar surface area (TPSA) is 59.4 Å². The van der Waals surface area contributed by atoms with Crippen LogP contribution in [0, 0.1) is 11.3 Å². The summed E-state index contributed by atoms with van der Waals surface area (Å²) in [5, 5.41) is 13.2. The lowest BCUT2D eigenvalue weighted by Crippen LogP contribution is -2.44. The van der Waals surface area contributed by atoms with Crippen molar-refractivity contribution in [3.8, 4) is 6.07 Å². The molecular weight excluding hydrogens is 395 g/mol. The second-order valence-electron chi connectivity index (χ2n) is 6.79. The molecule has 1 N–H and O–H groups in total. The molecule has 0 aromatic heterocycles. The second kappa shape index (κ2) is 9.29. The van der Waals surface area contributed by atoms with Crippen molar-refractivity contribution in [1.82, 2.24) is 4.90 Å². The molecule has 1 unspecified atom stereocenters. The molecule has 0 aliphatic carbocycles. The summed E-state index contributed by atoms with van der Waals surface area (Å²) in [6.45, 7) is 5.07. The van der Waals surface area contributed by atoms with Gasteiger partial charge >= 0.3 is 0 Å². The van der Waals surface area contributed by atoms with Gasteiger partial charge in [-0.15, -0.1) is 0 Å². The minimum absolute atomic E-state index is 0.102. The maximum Gasteiger partial charge on any atom is 0.241 e. The maximum atomic E-state index is 12.7. The summed E-state index contributed by atoms with van der Waals surface area (Å²) in [6, 6.07) is 14.6. The normalized spacial score (nSPS) is 16.1. The first kappa shape index (κ1) is 20.5. The molecule has 2 aromatic rings. The van der Waals surface area contributed by atoms with Crippen LogP contribution in [0.4, 0.5) is 11.4 Å². The number of anilines is 2. The summed E-state index contributed by atoms with van der Waals surface area (Å²) in [4.78, 5) is 17.1. The summed E-state index contributed by atoms with van der Waals surface area (Å²) in [7, 11) is 0. The molecule has 0 bridgehead atoms. The Labute approximate surface area is 175 Å². The summed E-state index contributed by atoms with van der Waals surface area (Å²) in [5.41, 5.74) is 2.19. The SMILES string of the molecule is CC(C(=O)Nc1ccc(Cl)cc1Cl)N1CCCN(c2ccccc2C#N)CC1. The highest BCUT2D eigenvalue weighted by molar-refractivity contribution is 6.36. The fourth-order valence-corrected chi connectivity index (χ4v) is 3.86. The highest BCUT2D eigenvalue weighted by Crippen LogP contribution is 2.26. The molecule has 1 amide bonds. The predicted octanol–water partition coefficient (Wildman–Crippen LogP) is 4.40. The van der Waals surface area contributed by atoms with Gasteiger partial charge in [-0.25, -0.2) is 0 Å². The molecule has 0 radical (unpaired) electrons. The van der Waals surface area contributed by atoms with Gasteiger partial charge in [0.2, 0.25) is 5.91 Å². The number of carbonyl (C=O) groups excluding carboxylic acids is 1. The Balaban J connectivity index is 1.64. The quantitative estimate of drug-likeness (QED) is 0.801. The van der Waals surface area contributed by atoms with Crippen LogP contribution in [0.2, 0.25) is 10.0 Å². The van der Waals surface area contributed by atoms with E-state index in [-0.39, 0.29) is 11.9 Å². The first-order valence-corrected chi connectivity index (χ1v) is 9.99. The van der Waals surface area contributed by atoms with Crippen molar-refractivity contribution in [2.75, 3.05) is 36.4 Å². The molecule has 146 valence electrons. The van der Waals surface area contributed by atoms with Gasteiger partial charge in [0, 0.05) is 31.2 Å². The van der Waals surface area contributed by atoms with E-state index in [0.29, 0.717) is 21.3 Å². The Kier molecular flexibility index (Phi) is 6.79. The van der Waals surface area contributed by atoms with Gasteiger partial charge in [-0.1, -0.05) is 35.3 Å². The van der Waals surface area contributed by atoms with Gasteiger partial charge in [0.25, 0.3) is 0 Å². The van der Waals surface area contributed by atoms with Crippen LogP contribution in [-0.2, 0) is 4.79 Å². The number of rotatable bonds is 4. The number of nitrogens with zero attached hydrogens (tertiary/aromatic N) is 3. The number of hydrogen-bond acceptors (Lipinski definition) is 4. The molecule has 3 rings (SSSR count). The molecule has 7 heteroatoms. The van der Waals surface area contributed by atoms with Gasteiger partial charge in [-0.3, -0.25) is 9.69 Å². The molecule has 1 aliphatic heterocycles. The van der Waals surface area contributed by atoms with E-state index in [4.69, 9.17) is 23.2 Å². The van der Waals surface area contributed by atoms with E-state index in [1.54, 1.807) is 18.2 Å². The number of halogens is 2. The van der Waals surface area contributed by atoms with Gasteiger partial charge in [0.05, 0.1) is 28.0 Å². The zero-order valence-electron chi connectivity index (χ0n) is 15.7. The van der Waals surface area contributed by atoms with Crippen molar-refractivity contribution in [3.05, 3.63) is 58.1 Å². The van der Waals surface area contributed by atoms with Crippen LogP contribution in [-0.4, -0.2) is 43.0 Å². The lowest BCUT2D eigenvalue weighted by Gasteiger charge is -2.27. The lowest BCUT2D eigenvalue weighted by molar-refractivity contribution is -0.120. The monoisotopic (exact) mass is 416 g/mol. The zero-order chi connectivity index (χ0) is 20.1. The first-order chi connectivity index (χ1) is 13.5. The Bertz CT molecular complexity index is 896. The van der Waals surface area contributed by atoms with Crippen LogP contribution in [0.25, 0.3) is 0 Å². The summed E-state index contributed by atoms with van der Waals surface area (Å²) in [5.74, 6) is -0.102. The average molecular weight is 417 g/mol. The lowest BCUT2D eigenvalue weighted by atomic mass is 10.1. The summed E-state index contributed by atoms with van der Waals surface area (Å²) >= 11 is 12.1. The molecular formula is C21H22Cl2N4O. The first-order valence-electron chi connectivity index (χ1n) is 9.23. The van der Waals surface area contributed by atoms with Crippen LogP contribution < -0.4 is 10.2 Å². The highest BCUT2D eigenvalue weighted by atomic mass is 35.5. The number of carbonyl (C=O) groups is 1. The summed E-state index contributed by atoms with van der Waals surface area (Å²) < 4.78 is 0. The fraction of sp³-hybridized carbons (Fsp3) is 0.333. The number of nitriles is 1. The predicted molar refractivity (Wildman–Crippen MR) is 114 cm³/mol. The Morgan fingerprint density at radius 3 is 2.68 bits per heavy atom. The Morgan fingerprint density at radius 1 is 1.14 bits per heavy atom. The largest absolute Gasteiger partial charge is 0.369 e. The number of benzene rings is 2. The van der Waals surface area contributed by atoms with E-state index in [2.05, 4.69) is 21.2 Å². The van der Waals surface area contributed by atoms with E-state index >= 15 is 0 Å². The molecule has 2 aromatic carbocycles. The number of nitrogens with one attached hydrogen (secondary N) is 1. The van der Waals surface area contributed by atoms with Crippen molar-refractivity contribution in [2.24, 2.45) is 0 Å². The summed E-state index contributed by atoms with van der Waals surface area (Å²) in [6.07, 6.45) is 0.916. The van der Waals surface area contributed by atoms with Crippen LogP contribution in [0.5, 0.6) is 0 Å². The number of para-hydroxylation sites is 1. The highest BCUT2D eigenvalue weighted by Gasteiger charge is 2.25. The molecule has 1 aliphatic rings. The van der Waals surface area contributed by atoms with Gasteiger partial charge in [-0.05, 0) is 43.7 Å². The number of hydrogen-bond donors (Lipinski definition) is 1. The van der Waals surface area contributed by atoms with Crippen molar-refractivity contribution >= 4 is 40.5 Å². The molecule has 1 atom stereocenters.